The zero-order valence-electron chi connectivity index (χ0n) is 80.4. The molecule has 4 aliphatic rings. The number of anilines is 4. The van der Waals surface area contributed by atoms with Crippen LogP contribution in [0.15, 0.2) is 98.3 Å². The molecule has 0 saturated carbocycles. The maximum atomic E-state index is 14.4. The largest absolute Gasteiger partial charge is 0.480 e. The standard InChI is InChI=1S/C25H23BrFN7O3S.C16H14N4O3.C14H19BrFN3O3S.C10H16FNO4.C9H11BrFN3OS.C4H5BrN2S.C4H6N2.CH3ClO2S.2ClH.S4.S3.S2.H2S/c1-12(35)22-18-6-15(16-8-28-14(3)29-9-16)4-5-19(18)34(32-22)11-21(36)33-10-17(27)7-20(33)24(37)31-25-30-23(26)13(2)38-25;1-9(21)16-13-5-11(12-6-17-10(2)18-7-12)3-4-14(13)20(19-16)8-15(22)23;1-7-10(15)17-12(23-7)18-11(20)9-5-8(16)6-19(9)13(21)22-14(2,3)4;1-10(2,3)16-9(15)12-5-6(11)4-7(12)8(13)14;1-4-7(10)13-9(16-4)14-8(15)6-2-5(11)3-12-6;1-2-3(5)7-4(6)8-2;1-6-3-2-5-4-6;1-5(2,3)4;;;1-3-4-2;1-3-2;1-2;/h4-6,8-9,17,20H,7,10-11H2,1-3H3,(H,30,31,37);3-7H,8H2,1-2H3,(H,22,23);8-9H,5-6H2,1-4H3,(H,17,18,20);6-7H,4-5H2,1-3H3,(H,13,14);5-6,12H,2-3H2,1H3,(H,13,14,15);1H3,(H2,6,7);2-4H,1H3;1H3;2*1H;;;;1H2/t17-,20+;;8-,9+;6-,7+;5-,6+;;;;;;;;;/m1.111........./s1. The van der Waals surface area contributed by atoms with Gasteiger partial charge in [-0.15, -0.1) is 70.2 Å². The van der Waals surface area contributed by atoms with Crippen molar-refractivity contribution < 1.29 is 93.6 Å². The quantitative estimate of drug-likeness (QED) is 0.0285. The van der Waals surface area contributed by atoms with E-state index < -0.39 is 111 Å². The van der Waals surface area contributed by atoms with Gasteiger partial charge in [-0.2, -0.15) is 23.7 Å². The van der Waals surface area contributed by atoms with E-state index in [0.29, 0.717) is 63.2 Å². The fourth-order valence-corrected chi connectivity index (χ4v) is 17.7. The highest BCUT2D eigenvalue weighted by Gasteiger charge is 2.45. The van der Waals surface area contributed by atoms with Crippen molar-refractivity contribution in [1.82, 2.24) is 89.0 Å². The number of rotatable bonds is 15. The fourth-order valence-electron chi connectivity index (χ4n) is 12.8. The van der Waals surface area contributed by atoms with E-state index in [9.17, 15) is 73.9 Å². The molecule has 0 spiro atoms. The summed E-state index contributed by atoms with van der Waals surface area (Å²) in [7, 11) is 6.50. The number of carbonyl (C=O) groups excluding carboxylic acids is 8. The Labute approximate surface area is 955 Å². The van der Waals surface area contributed by atoms with Crippen molar-refractivity contribution in [3.05, 3.63) is 141 Å². The number of carboxylic acids is 2. The van der Waals surface area contributed by atoms with Gasteiger partial charge in [0.2, 0.25) is 32.7 Å². The monoisotopic (exact) mass is 2640 g/mol. The Morgan fingerprint density at radius 2 is 0.905 bits per heavy atom. The number of ketones is 2. The number of nitrogens with one attached hydrogen (secondary N) is 4. The van der Waals surface area contributed by atoms with Crippen molar-refractivity contribution in [3.8, 4) is 22.3 Å². The number of ether oxygens (including phenoxy) is 2. The molecule has 147 heavy (non-hydrogen) atoms. The number of aromatic nitrogens is 14. The molecule has 0 unspecified atom stereocenters. The van der Waals surface area contributed by atoms with Crippen LogP contribution in [-0.2, 0) is 161 Å². The second kappa shape index (κ2) is 64.5. The van der Waals surface area contributed by atoms with Crippen molar-refractivity contribution in [2.24, 2.45) is 7.05 Å². The van der Waals surface area contributed by atoms with Crippen molar-refractivity contribution >= 4 is 363 Å². The Balaban J connectivity index is 0.000000593. The second-order valence-electron chi connectivity index (χ2n) is 32.6. The highest BCUT2D eigenvalue weighted by atomic mass is 79.9. The Kier molecular flexibility index (Phi) is 59.5. The van der Waals surface area contributed by atoms with Gasteiger partial charge < -0.3 is 56.2 Å². The van der Waals surface area contributed by atoms with Crippen LogP contribution >= 0.6 is 158 Å². The number of thiazole rings is 4. The number of carboxylic acid groups (broad SMARTS) is 2. The minimum absolute atomic E-state index is 0. The number of aliphatic carboxylic acids is 2. The van der Waals surface area contributed by atoms with E-state index in [1.165, 1.54) is 91.2 Å². The summed E-state index contributed by atoms with van der Waals surface area (Å²) in [6.45, 7) is 23.3. The van der Waals surface area contributed by atoms with Crippen molar-refractivity contribution in [2.75, 3.05) is 54.1 Å². The summed E-state index contributed by atoms with van der Waals surface area (Å²) in [6.07, 6.45) is 6.76. The molecule has 4 saturated heterocycles. The van der Waals surface area contributed by atoms with Crippen LogP contribution in [0, 0.1) is 41.5 Å². The van der Waals surface area contributed by atoms with E-state index in [-0.39, 0.29) is 132 Å². The smallest absolute Gasteiger partial charge is 0.411 e. The molecule has 8 N–H and O–H groups in total. The molecule has 8 atom stereocenters. The molecule has 64 heteroatoms. The third-order valence-corrected chi connectivity index (χ3v) is 28.7. The van der Waals surface area contributed by atoms with Gasteiger partial charge in [0.05, 0.1) is 49.3 Å². The van der Waals surface area contributed by atoms with Crippen LogP contribution in [0.2, 0.25) is 0 Å². The SMILES string of the molecule is CC(=O)c1nn(CC(=O)N2C[C@H](F)C[C@H]2C(=O)Nc2nc(Br)c(C)s2)c2ccc(-c3cnc(C)nc3)cc12.CC(=O)c1nn(CC(=O)O)c2ccc(-c3cnc(C)nc3)cc12.CC(C)(C)OC(=O)N1C[C@H](F)C[C@H]1C(=O)O.CS(=O)(=O)Cl.Cc1sc(N)nc1Br.Cc1sc(NC(=O)[C@@H]2C[C@@H](F)CN2)nc1Br.Cc1sc(NC(=O)[C@@H]2C[C@@H](F)CN2C(=O)OC(C)(C)C)nc1Br.Cl.Cl.Cn1ccnc1.S.S=S.S=S=S.S=S=S=S. The number of imidazole rings is 1. The van der Waals surface area contributed by atoms with Gasteiger partial charge in [-0.3, -0.25) is 52.7 Å². The topological polar surface area (TPSA) is 504 Å². The van der Waals surface area contributed by atoms with Gasteiger partial charge >= 0.3 is 24.1 Å². The molecule has 13 heterocycles. The molecule has 38 nitrogen and oxygen atoms in total. The Morgan fingerprint density at radius 3 is 1.19 bits per heavy atom. The molecule has 0 radical (unpaired) electrons. The number of aryl methyl sites for hydroxylation is 7. The van der Waals surface area contributed by atoms with Crippen molar-refractivity contribution in [3.63, 3.8) is 0 Å². The average molecular weight is 2650 g/mol. The predicted molar refractivity (Wildman–Crippen MR) is 609 cm³/mol. The number of nitrogens with two attached hydrogens (primary N) is 1. The summed E-state index contributed by atoms with van der Waals surface area (Å²) >= 11 is 42.8. The van der Waals surface area contributed by atoms with Crippen LogP contribution in [0.1, 0.15) is 133 Å². The van der Waals surface area contributed by atoms with Gasteiger partial charge in [0.1, 0.15) is 109 Å². The van der Waals surface area contributed by atoms with Crippen molar-refractivity contribution in [1.29, 1.82) is 0 Å². The zero-order valence-corrected chi connectivity index (χ0v) is 102. The van der Waals surface area contributed by atoms with Crippen LogP contribution < -0.4 is 27.0 Å². The lowest BCUT2D eigenvalue weighted by Gasteiger charge is -2.27. The van der Waals surface area contributed by atoms with E-state index in [0.717, 1.165) is 75.9 Å². The number of amides is 6. The minimum atomic E-state index is -3.19. The Bertz CT molecular complexity index is 6490. The number of hydrogen-bond acceptors (Lipinski definition) is 37. The number of fused-ring (bicyclic) bond motifs is 2. The number of carbonyl (C=O) groups is 10. The molecule has 15 rings (SSSR count). The number of halogens is 11. The van der Waals surface area contributed by atoms with Crippen LogP contribution in [-0.4, -0.2) is 254 Å². The Hall–Kier alpha value is -7.48. The van der Waals surface area contributed by atoms with Crippen LogP contribution in [0.3, 0.4) is 0 Å². The lowest BCUT2D eigenvalue weighted by molar-refractivity contribution is -0.142. The first-order valence-corrected chi connectivity index (χ1v) is 58.8. The number of Topliss-reactive ketones (excluding diaryl/α,β-unsaturated/α-hetero) is 2. The van der Waals surface area contributed by atoms with Gasteiger partial charge in [-0.05, 0) is 182 Å². The fraction of sp³-hybridized carbons (Fsp3) is 0.434. The molecule has 0 bridgehead atoms. The number of benzene rings is 2. The summed E-state index contributed by atoms with van der Waals surface area (Å²) in [5.74, 6) is -3.03. The molecule has 11 aromatic rings. The third-order valence-electron chi connectivity index (χ3n) is 18.9. The molecule has 4 fully saturated rings. The van der Waals surface area contributed by atoms with Crippen LogP contribution in [0.5, 0.6) is 0 Å². The molecule has 2 aromatic carbocycles. The molecule has 9 aromatic heterocycles. The number of alkyl halides is 4. The van der Waals surface area contributed by atoms with Gasteiger partial charge in [-0.25, -0.2) is 85.2 Å². The zero-order chi connectivity index (χ0) is 108. The van der Waals surface area contributed by atoms with E-state index in [1.807, 2.05) is 69.8 Å². The molecule has 806 valence electrons. The molecule has 0 aliphatic carbocycles. The summed E-state index contributed by atoms with van der Waals surface area (Å²) in [4.78, 5) is 164. The van der Waals surface area contributed by atoms with Gasteiger partial charge in [-0.1, -0.05) is 12.1 Å². The maximum Gasteiger partial charge on any atom is 0.411 e. The summed E-state index contributed by atoms with van der Waals surface area (Å²) in [5, 5.41) is 40.3. The summed E-state index contributed by atoms with van der Waals surface area (Å²) in [6, 6.07) is 7.37. The first kappa shape index (κ1) is 136. The molecular weight excluding hydrogens is 2540 g/mol. The van der Waals surface area contributed by atoms with Crippen LogP contribution in [0.25, 0.3) is 44.1 Å². The number of nitrogens with zero attached hydrogens (tertiary/aromatic N) is 17. The highest BCUT2D eigenvalue weighted by molar-refractivity contribution is 9.11. The van der Waals surface area contributed by atoms with Crippen LogP contribution in [0.4, 0.5) is 47.7 Å². The molecule has 6 amide bonds. The maximum absolute atomic E-state index is 14.4. The summed E-state index contributed by atoms with van der Waals surface area (Å²) < 4.78 is 90.6. The lowest BCUT2D eigenvalue weighted by atomic mass is 10.0. The third kappa shape index (κ3) is 45.8. The number of likely N-dealkylation sites (tertiary alicyclic amines) is 3. The van der Waals surface area contributed by atoms with Crippen molar-refractivity contribution in [2.45, 2.75) is 196 Å². The molecular formula is C83H101Br4Cl3F4N22O16S15. The lowest BCUT2D eigenvalue weighted by Crippen LogP contribution is -2.45. The van der Waals surface area contributed by atoms with Gasteiger partial charge in [0.15, 0.2) is 32.1 Å². The summed E-state index contributed by atoms with van der Waals surface area (Å²) in [5.41, 5.74) is 8.82. The highest BCUT2D eigenvalue weighted by Crippen LogP contribution is 2.35. The number of nitrogen functional groups attached to an aromatic ring is 1. The van der Waals surface area contributed by atoms with E-state index in [4.69, 9.17) is 25.4 Å². The molecule has 4 aliphatic heterocycles. The van der Waals surface area contributed by atoms with E-state index in [1.54, 1.807) is 105 Å². The normalized spacial score (nSPS) is 16.5. The van der Waals surface area contributed by atoms with Gasteiger partial charge in [0.25, 0.3) is 0 Å². The first-order chi connectivity index (χ1) is 67.3. The first-order valence-electron chi connectivity index (χ1n) is 41.6. The minimum Gasteiger partial charge on any atom is -0.480 e. The van der Waals surface area contributed by atoms with Gasteiger partial charge in [0, 0.05) is 236 Å². The second-order valence-corrected chi connectivity index (χ2v) is 48.8. The number of hydrogen-bond donors (Lipinski definition) is 7. The van der Waals surface area contributed by atoms with E-state index >= 15 is 0 Å². The Morgan fingerprint density at radius 1 is 0.558 bits per heavy atom. The average Bonchev–Trinajstić information content (AvgIpc) is 1.63. The predicted octanol–water partition coefficient (Wildman–Crippen LogP) is 16.3. The van der Waals surface area contributed by atoms with E-state index in [2.05, 4.69) is 218 Å².